The molecule has 0 aromatic heterocycles. The van der Waals surface area contributed by atoms with Crippen LogP contribution in [0, 0.1) is 5.92 Å². The van der Waals surface area contributed by atoms with Gasteiger partial charge < -0.3 is 10.8 Å². The lowest BCUT2D eigenvalue weighted by atomic mass is 9.94. The van der Waals surface area contributed by atoms with Gasteiger partial charge in [-0.1, -0.05) is 43.5 Å². The standard InChI is InChI=1S/C16H24ClFN2O/c1-11(17)6-5-9-14(18)13-10-15(21)20(16(13)19)12-7-3-2-4-8-12/h5-6,9,12-13,15-16,21H,1-4,7-8,10,19H2/b6-5-,14-9-/t13?,15-,16?/m0/s1. The van der Waals surface area contributed by atoms with Gasteiger partial charge in [0, 0.05) is 17.0 Å². The van der Waals surface area contributed by atoms with Crippen molar-refractivity contribution in [2.45, 2.75) is 57.0 Å². The maximum absolute atomic E-state index is 14.2. The topological polar surface area (TPSA) is 49.5 Å². The van der Waals surface area contributed by atoms with E-state index in [0.29, 0.717) is 11.5 Å². The molecule has 1 aliphatic carbocycles. The van der Waals surface area contributed by atoms with Crippen LogP contribution in [0.2, 0.25) is 0 Å². The normalized spacial score (nSPS) is 33.0. The van der Waals surface area contributed by atoms with E-state index in [9.17, 15) is 9.50 Å². The molecule has 3 N–H and O–H groups in total. The molecule has 0 aromatic carbocycles. The van der Waals surface area contributed by atoms with Crippen molar-refractivity contribution in [2.24, 2.45) is 11.7 Å². The van der Waals surface area contributed by atoms with Gasteiger partial charge in [-0.05, 0) is 31.4 Å². The van der Waals surface area contributed by atoms with E-state index in [-0.39, 0.29) is 11.9 Å². The Morgan fingerprint density at radius 2 is 2.00 bits per heavy atom. The summed E-state index contributed by atoms with van der Waals surface area (Å²) in [5, 5.41) is 10.6. The van der Waals surface area contributed by atoms with Crippen molar-refractivity contribution >= 4 is 11.6 Å². The first kappa shape index (κ1) is 16.7. The Balaban J connectivity index is 2.04. The predicted octanol–water partition coefficient (Wildman–Crippen LogP) is 3.41. The van der Waals surface area contributed by atoms with Gasteiger partial charge in [-0.3, -0.25) is 4.90 Å². The summed E-state index contributed by atoms with van der Waals surface area (Å²) in [4.78, 5) is 1.90. The largest absolute Gasteiger partial charge is 0.378 e. The van der Waals surface area contributed by atoms with Crippen molar-refractivity contribution in [2.75, 3.05) is 0 Å². The van der Waals surface area contributed by atoms with Crippen molar-refractivity contribution < 1.29 is 9.50 Å². The van der Waals surface area contributed by atoms with Crippen LogP contribution in [0.4, 0.5) is 4.39 Å². The van der Waals surface area contributed by atoms with Crippen LogP contribution in [0.3, 0.4) is 0 Å². The van der Waals surface area contributed by atoms with Gasteiger partial charge >= 0.3 is 0 Å². The number of nitrogens with zero attached hydrogens (tertiary/aromatic N) is 1. The van der Waals surface area contributed by atoms with Crippen molar-refractivity contribution in [1.82, 2.24) is 4.90 Å². The number of allylic oxidation sites excluding steroid dienone is 4. The molecule has 21 heavy (non-hydrogen) atoms. The van der Waals surface area contributed by atoms with E-state index in [0.717, 1.165) is 25.7 Å². The number of nitrogens with two attached hydrogens (primary N) is 1. The summed E-state index contributed by atoms with van der Waals surface area (Å²) in [7, 11) is 0. The molecule has 1 aliphatic heterocycles. The molecule has 1 heterocycles. The lowest BCUT2D eigenvalue weighted by Crippen LogP contribution is -2.50. The van der Waals surface area contributed by atoms with Crippen molar-refractivity contribution in [1.29, 1.82) is 0 Å². The zero-order valence-electron chi connectivity index (χ0n) is 12.2. The van der Waals surface area contributed by atoms with Crippen molar-refractivity contribution in [3.8, 4) is 0 Å². The van der Waals surface area contributed by atoms with Gasteiger partial charge in [0.2, 0.25) is 0 Å². The maximum atomic E-state index is 14.2. The molecule has 3 nitrogen and oxygen atoms in total. The van der Waals surface area contributed by atoms with Crippen LogP contribution in [0.1, 0.15) is 38.5 Å². The van der Waals surface area contributed by atoms with Gasteiger partial charge in [0.05, 0.1) is 6.17 Å². The number of halogens is 2. The minimum atomic E-state index is -0.653. The molecule has 1 saturated heterocycles. The first-order valence-electron chi connectivity index (χ1n) is 7.60. The highest BCUT2D eigenvalue weighted by molar-refractivity contribution is 6.30. The fourth-order valence-electron chi connectivity index (χ4n) is 3.40. The summed E-state index contributed by atoms with van der Waals surface area (Å²) in [5.41, 5.74) is 6.19. The Hall–Kier alpha value is -0.680. The van der Waals surface area contributed by atoms with Crippen LogP contribution in [-0.2, 0) is 0 Å². The van der Waals surface area contributed by atoms with Crippen LogP contribution in [0.25, 0.3) is 0 Å². The van der Waals surface area contributed by atoms with E-state index in [1.807, 2.05) is 4.90 Å². The molecule has 0 aromatic rings. The summed E-state index contributed by atoms with van der Waals surface area (Å²) in [6, 6.07) is 0.278. The fraction of sp³-hybridized carbons (Fsp3) is 0.625. The second-order valence-corrected chi connectivity index (χ2v) is 6.40. The van der Waals surface area contributed by atoms with E-state index in [1.165, 1.54) is 24.6 Å². The van der Waals surface area contributed by atoms with E-state index >= 15 is 0 Å². The van der Waals surface area contributed by atoms with Gasteiger partial charge in [-0.15, -0.1) is 0 Å². The minimum Gasteiger partial charge on any atom is -0.378 e. The second kappa shape index (κ2) is 7.54. The number of hydrogen-bond acceptors (Lipinski definition) is 3. The average molecular weight is 315 g/mol. The Bertz CT molecular complexity index is 432. The quantitative estimate of drug-likeness (QED) is 0.782. The zero-order chi connectivity index (χ0) is 15.4. The van der Waals surface area contributed by atoms with E-state index in [2.05, 4.69) is 6.58 Å². The van der Waals surface area contributed by atoms with Crippen LogP contribution < -0.4 is 5.73 Å². The molecule has 1 saturated carbocycles. The first-order chi connectivity index (χ1) is 10.0. The highest BCUT2D eigenvalue weighted by atomic mass is 35.5. The van der Waals surface area contributed by atoms with Crippen molar-refractivity contribution in [3.05, 3.63) is 35.7 Å². The lowest BCUT2D eigenvalue weighted by molar-refractivity contribution is -0.0235. The smallest absolute Gasteiger partial charge is 0.109 e. The SMILES string of the molecule is C=C(Cl)/C=C\C=C(/F)C1C[C@H](O)N(C2CCCCC2)C1N. The molecular weight excluding hydrogens is 291 g/mol. The molecule has 2 aliphatic rings. The number of aliphatic hydroxyl groups is 1. The van der Waals surface area contributed by atoms with Crippen LogP contribution in [0.5, 0.6) is 0 Å². The predicted molar refractivity (Wildman–Crippen MR) is 84.1 cm³/mol. The van der Waals surface area contributed by atoms with E-state index in [1.54, 1.807) is 0 Å². The molecule has 0 amide bonds. The summed E-state index contributed by atoms with van der Waals surface area (Å²) in [6.45, 7) is 3.50. The summed E-state index contributed by atoms with van der Waals surface area (Å²) in [6.07, 6.45) is 9.25. The van der Waals surface area contributed by atoms with Crippen LogP contribution in [0.15, 0.2) is 35.7 Å². The van der Waals surface area contributed by atoms with Gasteiger partial charge in [-0.2, -0.15) is 0 Å². The third kappa shape index (κ3) is 4.16. The first-order valence-corrected chi connectivity index (χ1v) is 7.97. The second-order valence-electron chi connectivity index (χ2n) is 5.91. The molecule has 0 radical (unpaired) electrons. The number of likely N-dealkylation sites (tertiary alicyclic amines) is 1. The molecule has 0 bridgehead atoms. The maximum Gasteiger partial charge on any atom is 0.109 e. The molecule has 3 atom stereocenters. The Kier molecular flexibility index (Phi) is 5.99. The molecule has 5 heteroatoms. The zero-order valence-corrected chi connectivity index (χ0v) is 13.0. The Morgan fingerprint density at radius 3 is 2.62 bits per heavy atom. The fourth-order valence-corrected chi connectivity index (χ4v) is 3.48. The Labute approximate surface area is 130 Å². The minimum absolute atomic E-state index is 0.278. The number of hydrogen-bond donors (Lipinski definition) is 2. The molecule has 2 rings (SSSR count). The third-order valence-corrected chi connectivity index (χ3v) is 4.57. The summed E-state index contributed by atoms with van der Waals surface area (Å²) < 4.78 is 14.2. The van der Waals surface area contributed by atoms with Crippen LogP contribution >= 0.6 is 11.6 Å². The lowest BCUT2D eigenvalue weighted by Gasteiger charge is -2.36. The van der Waals surface area contributed by atoms with Gasteiger partial charge in [0.25, 0.3) is 0 Å². The van der Waals surface area contributed by atoms with Crippen molar-refractivity contribution in [3.63, 3.8) is 0 Å². The molecule has 2 fully saturated rings. The molecule has 118 valence electrons. The summed E-state index contributed by atoms with van der Waals surface area (Å²) >= 11 is 5.59. The summed E-state index contributed by atoms with van der Waals surface area (Å²) in [5.74, 6) is -0.774. The van der Waals surface area contributed by atoms with Crippen LogP contribution in [-0.4, -0.2) is 28.4 Å². The molecule has 0 spiro atoms. The Morgan fingerprint density at radius 1 is 1.33 bits per heavy atom. The molecular formula is C16H24ClFN2O. The van der Waals surface area contributed by atoms with E-state index < -0.39 is 18.3 Å². The number of aliphatic hydroxyl groups excluding tert-OH is 1. The number of rotatable bonds is 4. The highest BCUT2D eigenvalue weighted by Gasteiger charge is 2.43. The molecule has 2 unspecified atom stereocenters. The van der Waals surface area contributed by atoms with Gasteiger partial charge in [-0.25, -0.2) is 4.39 Å². The van der Waals surface area contributed by atoms with Gasteiger partial charge in [0.1, 0.15) is 12.1 Å². The average Bonchev–Trinajstić information content (AvgIpc) is 2.74. The third-order valence-electron chi connectivity index (χ3n) is 4.45. The monoisotopic (exact) mass is 314 g/mol. The van der Waals surface area contributed by atoms with Gasteiger partial charge in [0.15, 0.2) is 0 Å². The highest BCUT2D eigenvalue weighted by Crippen LogP contribution is 2.37. The van der Waals surface area contributed by atoms with E-state index in [4.69, 9.17) is 17.3 Å².